The molecule has 4 unspecified atom stereocenters. The number of carbonyl (C=O) groups is 1. The molecule has 3 rings (SSSR count). The Kier molecular flexibility index (Phi) is 3.04. The van der Waals surface area contributed by atoms with Gasteiger partial charge in [-0.05, 0) is 31.1 Å². The predicted molar refractivity (Wildman–Crippen MR) is 68.5 cm³/mol. The van der Waals surface area contributed by atoms with E-state index in [2.05, 4.69) is 5.16 Å². The van der Waals surface area contributed by atoms with Gasteiger partial charge in [0.05, 0.1) is 5.71 Å². The summed E-state index contributed by atoms with van der Waals surface area (Å²) in [6.07, 6.45) is 5.72. The Hall–Kier alpha value is -1.06. The molecular formula is C14H22N2O2. The lowest BCUT2D eigenvalue weighted by molar-refractivity contribution is -0.137. The van der Waals surface area contributed by atoms with Gasteiger partial charge in [0.25, 0.3) is 0 Å². The van der Waals surface area contributed by atoms with E-state index in [4.69, 9.17) is 5.21 Å². The molecule has 1 amide bonds. The molecule has 0 radical (unpaired) electrons. The first-order valence-corrected chi connectivity index (χ1v) is 7.18. The van der Waals surface area contributed by atoms with Gasteiger partial charge in [0.2, 0.25) is 5.91 Å². The van der Waals surface area contributed by atoms with Crippen molar-refractivity contribution in [1.29, 1.82) is 0 Å². The summed E-state index contributed by atoms with van der Waals surface area (Å²) in [5.41, 5.74) is 0.840. The molecule has 3 fully saturated rings. The van der Waals surface area contributed by atoms with E-state index >= 15 is 0 Å². The third-order valence-corrected chi connectivity index (χ3v) is 5.20. The smallest absolute Gasteiger partial charge is 0.226 e. The molecule has 0 aromatic carbocycles. The van der Waals surface area contributed by atoms with Gasteiger partial charge in [-0.2, -0.15) is 0 Å². The second-order valence-electron chi connectivity index (χ2n) is 6.31. The van der Waals surface area contributed by atoms with Gasteiger partial charge in [0, 0.05) is 31.3 Å². The van der Waals surface area contributed by atoms with Crippen LogP contribution in [0.4, 0.5) is 0 Å². The number of hydrogen-bond acceptors (Lipinski definition) is 3. The summed E-state index contributed by atoms with van der Waals surface area (Å²) >= 11 is 0. The van der Waals surface area contributed by atoms with Crippen LogP contribution in [0.5, 0.6) is 0 Å². The highest BCUT2D eigenvalue weighted by Crippen LogP contribution is 2.49. The maximum atomic E-state index is 12.6. The fraction of sp³-hybridized carbons (Fsp3) is 0.857. The molecule has 2 bridgehead atoms. The van der Waals surface area contributed by atoms with Crippen LogP contribution in [-0.4, -0.2) is 34.8 Å². The van der Waals surface area contributed by atoms with Crippen LogP contribution in [0.3, 0.4) is 0 Å². The van der Waals surface area contributed by atoms with Gasteiger partial charge in [-0.15, -0.1) is 0 Å². The van der Waals surface area contributed by atoms with Crippen molar-refractivity contribution in [3.05, 3.63) is 0 Å². The molecule has 4 heteroatoms. The number of fused-ring (bicyclic) bond motifs is 2. The van der Waals surface area contributed by atoms with Crippen molar-refractivity contribution in [2.24, 2.45) is 28.8 Å². The van der Waals surface area contributed by atoms with Gasteiger partial charge < -0.3 is 10.1 Å². The van der Waals surface area contributed by atoms with E-state index in [9.17, 15) is 4.79 Å². The Labute approximate surface area is 108 Å². The number of carbonyl (C=O) groups excluding carboxylic acids is 1. The van der Waals surface area contributed by atoms with Crippen LogP contribution in [-0.2, 0) is 4.79 Å². The first kappa shape index (κ1) is 12.0. The normalized spacial score (nSPS) is 41.6. The summed E-state index contributed by atoms with van der Waals surface area (Å²) < 4.78 is 0. The van der Waals surface area contributed by atoms with Crippen molar-refractivity contribution < 1.29 is 10.0 Å². The number of hydrogen-bond donors (Lipinski definition) is 1. The van der Waals surface area contributed by atoms with E-state index in [0.29, 0.717) is 17.7 Å². The molecule has 100 valence electrons. The van der Waals surface area contributed by atoms with Gasteiger partial charge in [-0.1, -0.05) is 18.5 Å². The molecule has 0 spiro atoms. The van der Waals surface area contributed by atoms with Gasteiger partial charge in [-0.25, -0.2) is 0 Å². The minimum absolute atomic E-state index is 0.200. The fourth-order valence-corrected chi connectivity index (χ4v) is 4.15. The maximum absolute atomic E-state index is 12.6. The number of amides is 1. The lowest BCUT2D eigenvalue weighted by atomic mass is 9.86. The molecular weight excluding hydrogens is 228 g/mol. The largest absolute Gasteiger partial charge is 0.411 e. The number of likely N-dealkylation sites (tertiary alicyclic amines) is 1. The summed E-state index contributed by atoms with van der Waals surface area (Å²) in [6, 6.07) is 0. The summed E-state index contributed by atoms with van der Waals surface area (Å²) in [4.78, 5) is 14.6. The van der Waals surface area contributed by atoms with Crippen LogP contribution in [0.2, 0.25) is 0 Å². The van der Waals surface area contributed by atoms with Crippen molar-refractivity contribution in [1.82, 2.24) is 4.90 Å². The minimum Gasteiger partial charge on any atom is -0.411 e. The van der Waals surface area contributed by atoms with Gasteiger partial charge in [-0.3, -0.25) is 4.79 Å². The van der Waals surface area contributed by atoms with Crippen molar-refractivity contribution in [3.8, 4) is 0 Å². The molecule has 1 N–H and O–H groups in total. The average molecular weight is 250 g/mol. The van der Waals surface area contributed by atoms with E-state index < -0.39 is 0 Å². The quantitative estimate of drug-likeness (QED) is 0.572. The van der Waals surface area contributed by atoms with Crippen molar-refractivity contribution in [2.45, 2.75) is 39.0 Å². The predicted octanol–water partition coefficient (Wildman–Crippen LogP) is 2.12. The van der Waals surface area contributed by atoms with Gasteiger partial charge >= 0.3 is 0 Å². The van der Waals surface area contributed by atoms with Crippen molar-refractivity contribution in [3.63, 3.8) is 0 Å². The molecule has 2 saturated carbocycles. The van der Waals surface area contributed by atoms with E-state index in [1.54, 1.807) is 0 Å². The van der Waals surface area contributed by atoms with Crippen LogP contribution in [0, 0.1) is 23.7 Å². The summed E-state index contributed by atoms with van der Waals surface area (Å²) in [7, 11) is 0. The van der Waals surface area contributed by atoms with E-state index in [-0.39, 0.29) is 5.92 Å². The zero-order chi connectivity index (χ0) is 12.7. The van der Waals surface area contributed by atoms with E-state index in [1.165, 1.54) is 19.3 Å². The highest BCUT2D eigenvalue weighted by molar-refractivity contribution is 5.89. The zero-order valence-corrected chi connectivity index (χ0v) is 11.0. The molecule has 18 heavy (non-hydrogen) atoms. The lowest BCUT2D eigenvalue weighted by Crippen LogP contribution is -2.46. The second-order valence-corrected chi connectivity index (χ2v) is 6.31. The van der Waals surface area contributed by atoms with Crippen molar-refractivity contribution >= 4 is 11.6 Å². The van der Waals surface area contributed by atoms with Crippen LogP contribution in [0.1, 0.15) is 39.0 Å². The summed E-state index contributed by atoms with van der Waals surface area (Å²) in [5, 5.41) is 12.2. The van der Waals surface area contributed by atoms with Gasteiger partial charge in [0.1, 0.15) is 0 Å². The summed E-state index contributed by atoms with van der Waals surface area (Å²) in [5.74, 6) is 2.34. The molecule has 0 aromatic heterocycles. The number of nitrogens with zero attached hydrogens (tertiary/aromatic N) is 2. The third-order valence-electron chi connectivity index (χ3n) is 5.20. The SMILES string of the molecule is CC1CN(C(=O)C2CC3CCC2C3)CCC1=NO. The maximum Gasteiger partial charge on any atom is 0.226 e. The first-order valence-electron chi connectivity index (χ1n) is 7.18. The molecule has 3 aliphatic rings. The Morgan fingerprint density at radius 3 is 2.78 bits per heavy atom. The Morgan fingerprint density at radius 1 is 1.39 bits per heavy atom. The van der Waals surface area contributed by atoms with E-state index in [1.807, 2.05) is 11.8 Å². The van der Waals surface area contributed by atoms with Crippen LogP contribution >= 0.6 is 0 Å². The molecule has 1 saturated heterocycles. The molecule has 2 aliphatic carbocycles. The van der Waals surface area contributed by atoms with Crippen LogP contribution in [0.15, 0.2) is 5.16 Å². The van der Waals surface area contributed by atoms with Crippen molar-refractivity contribution in [2.75, 3.05) is 13.1 Å². The Morgan fingerprint density at radius 2 is 2.22 bits per heavy atom. The second kappa shape index (κ2) is 4.56. The molecule has 1 aliphatic heterocycles. The molecule has 0 aromatic rings. The van der Waals surface area contributed by atoms with Gasteiger partial charge in [0.15, 0.2) is 0 Å². The lowest BCUT2D eigenvalue weighted by Gasteiger charge is -2.35. The van der Waals surface area contributed by atoms with E-state index in [0.717, 1.165) is 37.6 Å². The van der Waals surface area contributed by atoms with Crippen LogP contribution in [0.25, 0.3) is 0 Å². The standard InChI is InChI=1S/C14H22N2O2/c1-9-8-16(5-4-13(9)15-18)14(17)12-7-10-2-3-11(12)6-10/h9-12,18H,2-8H2,1H3. The first-order chi connectivity index (χ1) is 8.69. The monoisotopic (exact) mass is 250 g/mol. The number of rotatable bonds is 1. The molecule has 4 nitrogen and oxygen atoms in total. The topological polar surface area (TPSA) is 52.9 Å². The zero-order valence-electron chi connectivity index (χ0n) is 11.0. The Balaban J connectivity index is 1.64. The average Bonchev–Trinajstić information content (AvgIpc) is 3.00. The molecule has 1 heterocycles. The number of oxime groups is 1. The van der Waals surface area contributed by atoms with Crippen LogP contribution < -0.4 is 0 Å². The Bertz CT molecular complexity index is 380. The fourth-order valence-electron chi connectivity index (χ4n) is 4.15. The minimum atomic E-state index is 0.200. The highest BCUT2D eigenvalue weighted by atomic mass is 16.4. The number of piperidine rings is 1. The highest BCUT2D eigenvalue weighted by Gasteiger charge is 2.44. The molecule has 4 atom stereocenters. The summed E-state index contributed by atoms with van der Waals surface area (Å²) in [6.45, 7) is 3.50. The third kappa shape index (κ3) is 1.91.